The Hall–Kier alpha value is -3.25. The molecule has 2 aromatic heterocycles. The number of nitrogens with zero attached hydrogens (tertiary/aromatic N) is 4. The van der Waals surface area contributed by atoms with Crippen molar-refractivity contribution < 1.29 is 9.13 Å². The van der Waals surface area contributed by atoms with Crippen LogP contribution in [-0.4, -0.2) is 40.3 Å². The second kappa shape index (κ2) is 8.36. The molecule has 164 valence electrons. The molecule has 5 rings (SSSR count). The largest absolute Gasteiger partial charge is 0.377 e. The van der Waals surface area contributed by atoms with E-state index < -0.39 is 0 Å². The molecule has 1 saturated heterocycles. The highest BCUT2D eigenvalue weighted by molar-refractivity contribution is 5.89. The van der Waals surface area contributed by atoms with Crippen molar-refractivity contribution in [2.45, 2.75) is 32.9 Å². The Morgan fingerprint density at radius 1 is 1.03 bits per heavy atom. The number of morpholine rings is 1. The fourth-order valence-electron chi connectivity index (χ4n) is 4.39. The summed E-state index contributed by atoms with van der Waals surface area (Å²) in [5.74, 6) is -0.250. The number of ether oxygens (including phenoxy) is 1. The van der Waals surface area contributed by atoms with Crippen LogP contribution in [0.2, 0.25) is 0 Å². The molecule has 1 fully saturated rings. The normalized spacial score (nSPS) is 16.8. The standard InChI is InChI=1S/C26H27FN4O/c1-17(2)31-16-29-25(19-4-7-22(27)8-5-19)26(31)20-6-9-24-21(12-20)13-23(14-28-24)30-10-11-32-15-18(30)3/h4-9,12-14,16-18H,10-11,15H2,1-3H3. The first-order chi connectivity index (χ1) is 15.5. The molecule has 0 aliphatic carbocycles. The average molecular weight is 431 g/mol. The van der Waals surface area contributed by atoms with E-state index in [0.29, 0.717) is 6.04 Å². The Kier molecular flexibility index (Phi) is 5.39. The van der Waals surface area contributed by atoms with Crippen molar-refractivity contribution in [3.05, 3.63) is 66.9 Å². The lowest BCUT2D eigenvalue weighted by molar-refractivity contribution is 0.0989. The van der Waals surface area contributed by atoms with Crippen molar-refractivity contribution in [2.75, 3.05) is 24.7 Å². The van der Waals surface area contributed by atoms with Gasteiger partial charge in [0.1, 0.15) is 5.82 Å². The number of halogens is 1. The van der Waals surface area contributed by atoms with Crippen molar-refractivity contribution in [1.82, 2.24) is 14.5 Å². The first-order valence-electron chi connectivity index (χ1n) is 11.1. The lowest BCUT2D eigenvalue weighted by Gasteiger charge is -2.35. The van der Waals surface area contributed by atoms with E-state index in [1.54, 1.807) is 12.1 Å². The number of aromatic nitrogens is 3. The van der Waals surface area contributed by atoms with Gasteiger partial charge in [0.2, 0.25) is 0 Å². The number of imidazole rings is 1. The summed E-state index contributed by atoms with van der Waals surface area (Å²) in [4.78, 5) is 11.8. The van der Waals surface area contributed by atoms with Crippen LogP contribution in [0.5, 0.6) is 0 Å². The van der Waals surface area contributed by atoms with Gasteiger partial charge in [-0.1, -0.05) is 6.07 Å². The number of rotatable bonds is 4. The molecule has 1 atom stereocenters. The number of anilines is 1. The van der Waals surface area contributed by atoms with Crippen molar-refractivity contribution in [2.24, 2.45) is 0 Å². The summed E-state index contributed by atoms with van der Waals surface area (Å²) in [5.41, 5.74) is 5.91. The number of benzene rings is 2. The smallest absolute Gasteiger partial charge is 0.123 e. The first-order valence-corrected chi connectivity index (χ1v) is 11.1. The van der Waals surface area contributed by atoms with Gasteiger partial charge < -0.3 is 14.2 Å². The topological polar surface area (TPSA) is 43.2 Å². The average Bonchev–Trinajstić information content (AvgIpc) is 3.25. The van der Waals surface area contributed by atoms with Crippen molar-refractivity contribution >= 4 is 16.6 Å². The second-order valence-electron chi connectivity index (χ2n) is 8.67. The lowest BCUT2D eigenvalue weighted by Crippen LogP contribution is -2.43. The summed E-state index contributed by atoms with van der Waals surface area (Å²) in [6.07, 6.45) is 3.82. The van der Waals surface area contributed by atoms with Gasteiger partial charge >= 0.3 is 0 Å². The zero-order valence-corrected chi connectivity index (χ0v) is 18.6. The minimum atomic E-state index is -0.250. The molecular formula is C26H27FN4O. The molecule has 0 N–H and O–H groups in total. The Morgan fingerprint density at radius 2 is 1.81 bits per heavy atom. The number of fused-ring (bicyclic) bond motifs is 1. The highest BCUT2D eigenvalue weighted by atomic mass is 19.1. The van der Waals surface area contributed by atoms with Gasteiger partial charge in [0, 0.05) is 35.1 Å². The van der Waals surface area contributed by atoms with Crippen LogP contribution in [0, 0.1) is 5.82 Å². The molecule has 0 spiro atoms. The summed E-state index contributed by atoms with van der Waals surface area (Å²) in [5, 5.41) is 1.08. The van der Waals surface area contributed by atoms with E-state index in [1.807, 2.05) is 12.5 Å². The SMILES string of the molecule is CC1COCCN1c1cnc2ccc(-c3c(-c4ccc(F)cc4)ncn3C(C)C)cc2c1. The minimum absolute atomic E-state index is 0.237. The molecule has 4 aromatic rings. The van der Waals surface area contributed by atoms with Crippen LogP contribution in [-0.2, 0) is 4.74 Å². The summed E-state index contributed by atoms with van der Waals surface area (Å²) in [6.45, 7) is 8.78. The van der Waals surface area contributed by atoms with Crippen LogP contribution in [0.3, 0.4) is 0 Å². The van der Waals surface area contributed by atoms with Gasteiger partial charge in [-0.2, -0.15) is 0 Å². The maximum Gasteiger partial charge on any atom is 0.123 e. The molecule has 0 saturated carbocycles. The fourth-order valence-corrected chi connectivity index (χ4v) is 4.39. The van der Waals surface area contributed by atoms with Crippen LogP contribution >= 0.6 is 0 Å². The van der Waals surface area contributed by atoms with E-state index in [1.165, 1.54) is 12.1 Å². The summed E-state index contributed by atoms with van der Waals surface area (Å²) >= 11 is 0. The highest BCUT2D eigenvalue weighted by Crippen LogP contribution is 2.35. The molecule has 2 aromatic carbocycles. The Labute approximate surface area is 187 Å². The molecule has 0 amide bonds. The zero-order chi connectivity index (χ0) is 22.2. The molecule has 1 aliphatic rings. The van der Waals surface area contributed by atoms with Gasteiger partial charge in [-0.15, -0.1) is 0 Å². The Morgan fingerprint density at radius 3 is 2.56 bits per heavy atom. The predicted molar refractivity (Wildman–Crippen MR) is 126 cm³/mol. The third-order valence-electron chi connectivity index (χ3n) is 6.11. The molecule has 1 aliphatic heterocycles. The molecule has 0 bridgehead atoms. The van der Waals surface area contributed by atoms with Crippen LogP contribution in [0.1, 0.15) is 26.8 Å². The third-order valence-corrected chi connectivity index (χ3v) is 6.11. The Balaban J connectivity index is 1.62. The molecule has 3 heterocycles. The maximum absolute atomic E-state index is 13.5. The quantitative estimate of drug-likeness (QED) is 0.416. The van der Waals surface area contributed by atoms with Gasteiger partial charge in [0.05, 0.1) is 48.3 Å². The van der Waals surface area contributed by atoms with Gasteiger partial charge in [-0.3, -0.25) is 4.98 Å². The number of hydrogen-bond acceptors (Lipinski definition) is 4. The number of hydrogen-bond donors (Lipinski definition) is 0. The van der Waals surface area contributed by atoms with Crippen LogP contribution in [0.4, 0.5) is 10.1 Å². The van der Waals surface area contributed by atoms with Crippen LogP contribution in [0.25, 0.3) is 33.4 Å². The third kappa shape index (κ3) is 3.75. The van der Waals surface area contributed by atoms with Crippen molar-refractivity contribution in [3.63, 3.8) is 0 Å². The van der Waals surface area contributed by atoms with Gasteiger partial charge in [0.25, 0.3) is 0 Å². The molecule has 1 unspecified atom stereocenters. The van der Waals surface area contributed by atoms with Gasteiger partial charge in [-0.05, 0) is 63.2 Å². The van der Waals surface area contributed by atoms with E-state index in [0.717, 1.165) is 58.9 Å². The van der Waals surface area contributed by atoms with Gasteiger partial charge in [-0.25, -0.2) is 9.37 Å². The monoisotopic (exact) mass is 430 g/mol. The van der Waals surface area contributed by atoms with E-state index >= 15 is 0 Å². The van der Waals surface area contributed by atoms with E-state index in [2.05, 4.69) is 54.5 Å². The summed E-state index contributed by atoms with van der Waals surface area (Å²) in [6, 6.07) is 15.6. The zero-order valence-electron chi connectivity index (χ0n) is 18.6. The predicted octanol–water partition coefficient (Wildman–Crippen LogP) is 5.71. The lowest BCUT2D eigenvalue weighted by atomic mass is 10.0. The summed E-state index contributed by atoms with van der Waals surface area (Å²) < 4.78 is 21.3. The first kappa shape index (κ1) is 20.6. The molecule has 32 heavy (non-hydrogen) atoms. The van der Waals surface area contributed by atoms with E-state index in [4.69, 9.17) is 14.7 Å². The minimum Gasteiger partial charge on any atom is -0.377 e. The highest BCUT2D eigenvalue weighted by Gasteiger charge is 2.21. The maximum atomic E-state index is 13.5. The van der Waals surface area contributed by atoms with Crippen LogP contribution < -0.4 is 4.90 Å². The molecule has 0 radical (unpaired) electrons. The van der Waals surface area contributed by atoms with Crippen molar-refractivity contribution in [1.29, 1.82) is 0 Å². The summed E-state index contributed by atoms with van der Waals surface area (Å²) in [7, 11) is 0. The number of pyridine rings is 1. The van der Waals surface area contributed by atoms with Crippen LogP contribution in [0.15, 0.2) is 61.1 Å². The molecular weight excluding hydrogens is 403 g/mol. The second-order valence-corrected chi connectivity index (χ2v) is 8.67. The van der Waals surface area contributed by atoms with E-state index in [9.17, 15) is 4.39 Å². The fraction of sp³-hybridized carbons (Fsp3) is 0.308. The molecule has 6 heteroatoms. The van der Waals surface area contributed by atoms with Gasteiger partial charge in [0.15, 0.2) is 0 Å². The molecule has 5 nitrogen and oxygen atoms in total. The van der Waals surface area contributed by atoms with E-state index in [-0.39, 0.29) is 11.9 Å². The van der Waals surface area contributed by atoms with Crippen molar-refractivity contribution in [3.8, 4) is 22.5 Å². The Bertz CT molecular complexity index is 1250.